The Hall–Kier alpha value is -3.67. The lowest BCUT2D eigenvalue weighted by Crippen LogP contribution is -2.20. The maximum Gasteiger partial charge on any atom is 0.262 e. The van der Waals surface area contributed by atoms with Crippen molar-refractivity contribution < 1.29 is 13.9 Å². The summed E-state index contributed by atoms with van der Waals surface area (Å²) < 4.78 is 20.2. The molecule has 0 bridgehead atoms. The number of rotatable bonds is 5. The number of halogens is 1. The van der Waals surface area contributed by atoms with Crippen LogP contribution in [0.4, 0.5) is 10.1 Å². The molecule has 0 aliphatic carbocycles. The molecule has 4 aromatic rings. The van der Waals surface area contributed by atoms with Crippen LogP contribution in [0.3, 0.4) is 0 Å². The fourth-order valence-corrected chi connectivity index (χ4v) is 2.89. The predicted octanol–water partition coefficient (Wildman–Crippen LogP) is 4.47. The van der Waals surface area contributed by atoms with Gasteiger partial charge < -0.3 is 14.5 Å². The van der Waals surface area contributed by atoms with Gasteiger partial charge in [-0.1, -0.05) is 18.2 Å². The fourth-order valence-electron chi connectivity index (χ4n) is 2.89. The maximum absolute atomic E-state index is 12.9. The lowest BCUT2D eigenvalue weighted by molar-refractivity contribution is -0.118. The van der Waals surface area contributed by atoms with Crippen molar-refractivity contribution in [2.75, 3.05) is 11.9 Å². The summed E-state index contributed by atoms with van der Waals surface area (Å²) in [5.74, 6) is -0.202. The van der Waals surface area contributed by atoms with E-state index in [1.165, 1.54) is 24.3 Å². The van der Waals surface area contributed by atoms with Crippen LogP contribution in [0.5, 0.6) is 5.75 Å². The molecule has 0 aliphatic heterocycles. The summed E-state index contributed by atoms with van der Waals surface area (Å²) in [7, 11) is 0. The van der Waals surface area contributed by atoms with E-state index >= 15 is 0 Å². The number of nitrogens with one attached hydrogen (secondary N) is 1. The Morgan fingerprint density at radius 3 is 2.57 bits per heavy atom. The molecule has 140 valence electrons. The van der Waals surface area contributed by atoms with Gasteiger partial charge in [0, 0.05) is 23.6 Å². The number of benzene rings is 2. The molecule has 5 nitrogen and oxygen atoms in total. The third-order valence-corrected chi connectivity index (χ3v) is 4.33. The van der Waals surface area contributed by atoms with E-state index in [9.17, 15) is 9.18 Å². The average molecular weight is 375 g/mol. The first-order valence-corrected chi connectivity index (χ1v) is 8.81. The molecule has 0 unspecified atom stereocenters. The van der Waals surface area contributed by atoms with Crippen molar-refractivity contribution >= 4 is 17.2 Å². The van der Waals surface area contributed by atoms with E-state index in [0.717, 1.165) is 22.5 Å². The quantitative estimate of drug-likeness (QED) is 0.560. The van der Waals surface area contributed by atoms with Gasteiger partial charge in [0.05, 0.1) is 5.69 Å². The molecular weight excluding hydrogens is 357 g/mol. The Labute approximate surface area is 161 Å². The zero-order valence-electron chi connectivity index (χ0n) is 15.2. The number of pyridine rings is 1. The molecule has 0 saturated carbocycles. The number of hydrogen-bond acceptors (Lipinski definition) is 3. The number of ether oxygens (including phenoxy) is 1. The summed E-state index contributed by atoms with van der Waals surface area (Å²) in [6, 6.07) is 17.0. The standard InChI is InChI=1S/C22H18FN3O2/c1-15-3-2-12-26-13-20(25-22(15)26)16-4-8-18(9-5-16)24-21(27)14-28-19-10-6-17(23)7-11-19/h2-13H,14H2,1H3,(H,24,27). The van der Waals surface area contributed by atoms with Gasteiger partial charge in [0.1, 0.15) is 17.2 Å². The Balaban J connectivity index is 1.40. The van der Waals surface area contributed by atoms with Gasteiger partial charge in [0.25, 0.3) is 5.91 Å². The van der Waals surface area contributed by atoms with Gasteiger partial charge in [0.2, 0.25) is 0 Å². The summed E-state index contributed by atoms with van der Waals surface area (Å²) in [6.45, 7) is 1.87. The van der Waals surface area contributed by atoms with E-state index < -0.39 is 0 Å². The van der Waals surface area contributed by atoms with Crippen molar-refractivity contribution in [2.24, 2.45) is 0 Å². The third kappa shape index (κ3) is 3.86. The number of carbonyl (C=O) groups excluding carboxylic acids is 1. The van der Waals surface area contributed by atoms with Crippen LogP contribution in [-0.2, 0) is 4.79 Å². The zero-order chi connectivity index (χ0) is 19.5. The van der Waals surface area contributed by atoms with Gasteiger partial charge in [-0.25, -0.2) is 9.37 Å². The van der Waals surface area contributed by atoms with Crippen LogP contribution in [0.15, 0.2) is 73.1 Å². The predicted molar refractivity (Wildman–Crippen MR) is 106 cm³/mol. The van der Waals surface area contributed by atoms with Crippen molar-refractivity contribution in [1.82, 2.24) is 9.38 Å². The molecule has 2 aromatic heterocycles. The zero-order valence-corrected chi connectivity index (χ0v) is 15.2. The number of aromatic nitrogens is 2. The highest BCUT2D eigenvalue weighted by atomic mass is 19.1. The second-order valence-electron chi connectivity index (χ2n) is 6.42. The molecule has 28 heavy (non-hydrogen) atoms. The molecule has 0 spiro atoms. The normalized spacial score (nSPS) is 10.8. The van der Waals surface area contributed by atoms with E-state index in [2.05, 4.69) is 10.3 Å². The minimum Gasteiger partial charge on any atom is -0.484 e. The molecule has 2 heterocycles. The van der Waals surface area contributed by atoms with E-state index in [1.54, 1.807) is 0 Å². The van der Waals surface area contributed by atoms with Crippen LogP contribution in [-0.4, -0.2) is 21.9 Å². The average Bonchev–Trinajstić information content (AvgIpc) is 3.14. The molecule has 1 N–H and O–H groups in total. The number of fused-ring (bicyclic) bond motifs is 1. The first-order valence-electron chi connectivity index (χ1n) is 8.81. The largest absolute Gasteiger partial charge is 0.484 e. The van der Waals surface area contributed by atoms with Crippen LogP contribution in [0, 0.1) is 12.7 Å². The third-order valence-electron chi connectivity index (χ3n) is 4.33. The number of aryl methyl sites for hydroxylation is 1. The molecular formula is C22H18FN3O2. The van der Waals surface area contributed by atoms with Crippen LogP contribution < -0.4 is 10.1 Å². The molecule has 2 aromatic carbocycles. The topological polar surface area (TPSA) is 55.6 Å². The highest BCUT2D eigenvalue weighted by Crippen LogP contribution is 2.22. The SMILES string of the molecule is Cc1cccn2cc(-c3ccc(NC(=O)COc4ccc(F)cc4)cc3)nc12. The smallest absolute Gasteiger partial charge is 0.262 e. The molecule has 0 radical (unpaired) electrons. The van der Waals surface area contributed by atoms with Crippen LogP contribution >= 0.6 is 0 Å². The molecule has 0 aliphatic rings. The van der Waals surface area contributed by atoms with E-state index in [0.29, 0.717) is 11.4 Å². The molecule has 4 rings (SSSR count). The Kier molecular flexibility index (Phi) is 4.76. The van der Waals surface area contributed by atoms with Crippen LogP contribution in [0.1, 0.15) is 5.56 Å². The Bertz CT molecular complexity index is 1120. The highest BCUT2D eigenvalue weighted by molar-refractivity contribution is 5.92. The minimum absolute atomic E-state index is 0.154. The van der Waals surface area contributed by atoms with E-state index in [4.69, 9.17) is 4.74 Å². The van der Waals surface area contributed by atoms with E-state index in [-0.39, 0.29) is 18.3 Å². The van der Waals surface area contributed by atoms with Crippen LogP contribution in [0.25, 0.3) is 16.9 Å². The first-order chi connectivity index (χ1) is 13.6. The summed E-state index contributed by atoms with van der Waals surface area (Å²) in [5, 5.41) is 2.77. The van der Waals surface area contributed by atoms with Gasteiger partial charge in [-0.2, -0.15) is 0 Å². The monoisotopic (exact) mass is 375 g/mol. The highest BCUT2D eigenvalue weighted by Gasteiger charge is 2.08. The summed E-state index contributed by atoms with van der Waals surface area (Å²) in [6.07, 6.45) is 3.95. The molecule has 0 fully saturated rings. The second-order valence-corrected chi connectivity index (χ2v) is 6.42. The number of imidazole rings is 1. The summed E-state index contributed by atoms with van der Waals surface area (Å²) in [5.41, 5.74) is 4.53. The summed E-state index contributed by atoms with van der Waals surface area (Å²) >= 11 is 0. The number of anilines is 1. The summed E-state index contributed by atoms with van der Waals surface area (Å²) in [4.78, 5) is 16.7. The number of nitrogens with zero attached hydrogens (tertiary/aromatic N) is 2. The van der Waals surface area contributed by atoms with Gasteiger partial charge in [0.15, 0.2) is 6.61 Å². The van der Waals surface area contributed by atoms with Crippen molar-refractivity contribution in [3.05, 3.63) is 84.4 Å². The number of hydrogen-bond donors (Lipinski definition) is 1. The van der Waals surface area contributed by atoms with E-state index in [1.807, 2.05) is 60.1 Å². The Morgan fingerprint density at radius 2 is 1.86 bits per heavy atom. The van der Waals surface area contributed by atoms with Gasteiger partial charge in [-0.05, 0) is 55.0 Å². The Morgan fingerprint density at radius 1 is 1.11 bits per heavy atom. The molecule has 1 amide bonds. The van der Waals surface area contributed by atoms with Gasteiger partial charge in [-0.3, -0.25) is 4.79 Å². The molecule has 0 saturated heterocycles. The number of carbonyl (C=O) groups is 1. The lowest BCUT2D eigenvalue weighted by atomic mass is 10.1. The van der Waals surface area contributed by atoms with Crippen LogP contribution in [0.2, 0.25) is 0 Å². The maximum atomic E-state index is 12.9. The minimum atomic E-state index is -0.349. The van der Waals surface area contributed by atoms with Crippen molar-refractivity contribution in [1.29, 1.82) is 0 Å². The van der Waals surface area contributed by atoms with Crippen molar-refractivity contribution in [2.45, 2.75) is 6.92 Å². The molecule has 0 atom stereocenters. The first kappa shape index (κ1) is 17.7. The lowest BCUT2D eigenvalue weighted by Gasteiger charge is -2.08. The fraction of sp³-hybridized carbons (Fsp3) is 0.0909. The number of amides is 1. The van der Waals surface area contributed by atoms with Gasteiger partial charge >= 0.3 is 0 Å². The second kappa shape index (κ2) is 7.52. The van der Waals surface area contributed by atoms with Crippen molar-refractivity contribution in [3.63, 3.8) is 0 Å². The van der Waals surface area contributed by atoms with Crippen molar-refractivity contribution in [3.8, 4) is 17.0 Å². The molecule has 6 heteroatoms. The van der Waals surface area contributed by atoms with Gasteiger partial charge in [-0.15, -0.1) is 0 Å².